The van der Waals surface area contributed by atoms with Crippen molar-refractivity contribution in [2.24, 2.45) is 0 Å². The monoisotopic (exact) mass is 241 g/mol. The van der Waals surface area contributed by atoms with Gasteiger partial charge in [0.15, 0.2) is 0 Å². The largest absolute Gasteiger partial charge is 0.313 e. The molecule has 1 fully saturated rings. The molecule has 1 N–H and O–H groups in total. The van der Waals surface area contributed by atoms with Crippen LogP contribution in [0.2, 0.25) is 0 Å². The standard InChI is InChI=1S/C12H19NS2/c1-10-5-8-15-12(10)4-6-13-11-3-2-7-14-9-11/h5,8,11,13H,2-4,6-7,9H2,1H3. The molecule has 84 valence electrons. The van der Waals surface area contributed by atoms with E-state index in [9.17, 15) is 0 Å². The van der Waals surface area contributed by atoms with Gasteiger partial charge in [-0.3, -0.25) is 0 Å². The van der Waals surface area contributed by atoms with Gasteiger partial charge in [0.1, 0.15) is 0 Å². The molecule has 1 aliphatic heterocycles. The van der Waals surface area contributed by atoms with Crippen molar-refractivity contribution in [3.8, 4) is 0 Å². The third kappa shape index (κ3) is 3.51. The third-order valence-corrected chi connectivity index (χ3v) is 5.21. The van der Waals surface area contributed by atoms with Gasteiger partial charge in [-0.15, -0.1) is 11.3 Å². The molecule has 0 amide bonds. The van der Waals surface area contributed by atoms with Gasteiger partial charge in [-0.05, 0) is 48.9 Å². The van der Waals surface area contributed by atoms with Crippen molar-refractivity contribution < 1.29 is 0 Å². The molecule has 0 aliphatic carbocycles. The molecule has 2 rings (SSSR count). The van der Waals surface area contributed by atoms with Gasteiger partial charge in [0, 0.05) is 23.2 Å². The predicted octanol–water partition coefficient (Wildman–Crippen LogP) is 3.08. The molecule has 15 heavy (non-hydrogen) atoms. The molecule has 1 atom stereocenters. The highest BCUT2D eigenvalue weighted by atomic mass is 32.2. The quantitative estimate of drug-likeness (QED) is 0.869. The first-order valence-electron chi connectivity index (χ1n) is 5.70. The van der Waals surface area contributed by atoms with E-state index >= 15 is 0 Å². The van der Waals surface area contributed by atoms with Crippen LogP contribution in [0.1, 0.15) is 23.3 Å². The van der Waals surface area contributed by atoms with E-state index < -0.39 is 0 Å². The van der Waals surface area contributed by atoms with Crippen molar-refractivity contribution in [1.82, 2.24) is 5.32 Å². The molecule has 0 bridgehead atoms. The molecule has 2 heterocycles. The number of thioether (sulfide) groups is 1. The summed E-state index contributed by atoms with van der Waals surface area (Å²) in [6.07, 6.45) is 3.96. The van der Waals surface area contributed by atoms with E-state index in [0.29, 0.717) is 0 Å². The number of thiophene rings is 1. The fourth-order valence-electron chi connectivity index (χ4n) is 1.95. The van der Waals surface area contributed by atoms with E-state index in [4.69, 9.17) is 0 Å². The van der Waals surface area contributed by atoms with Gasteiger partial charge >= 0.3 is 0 Å². The van der Waals surface area contributed by atoms with E-state index in [-0.39, 0.29) is 0 Å². The van der Waals surface area contributed by atoms with E-state index in [1.54, 1.807) is 4.88 Å². The number of aryl methyl sites for hydroxylation is 1. The molecule has 1 saturated heterocycles. The minimum atomic E-state index is 0.768. The van der Waals surface area contributed by atoms with Gasteiger partial charge in [-0.25, -0.2) is 0 Å². The van der Waals surface area contributed by atoms with Crippen molar-refractivity contribution >= 4 is 23.1 Å². The van der Waals surface area contributed by atoms with Crippen LogP contribution in [0, 0.1) is 6.92 Å². The number of nitrogens with one attached hydrogen (secondary N) is 1. The zero-order valence-corrected chi connectivity index (χ0v) is 10.9. The van der Waals surface area contributed by atoms with Crippen LogP contribution in [0.25, 0.3) is 0 Å². The summed E-state index contributed by atoms with van der Waals surface area (Å²) >= 11 is 3.99. The summed E-state index contributed by atoms with van der Waals surface area (Å²) in [5.74, 6) is 2.67. The van der Waals surface area contributed by atoms with Crippen molar-refractivity contribution in [2.45, 2.75) is 32.2 Å². The van der Waals surface area contributed by atoms with Gasteiger partial charge in [0.25, 0.3) is 0 Å². The van der Waals surface area contributed by atoms with Crippen molar-refractivity contribution in [3.63, 3.8) is 0 Å². The van der Waals surface area contributed by atoms with Crippen molar-refractivity contribution in [3.05, 3.63) is 21.9 Å². The van der Waals surface area contributed by atoms with E-state index in [0.717, 1.165) is 12.6 Å². The van der Waals surface area contributed by atoms with Crippen LogP contribution in [0.3, 0.4) is 0 Å². The predicted molar refractivity (Wildman–Crippen MR) is 71.1 cm³/mol. The Morgan fingerprint density at radius 3 is 3.13 bits per heavy atom. The second kappa shape index (κ2) is 5.92. The molecule has 0 radical (unpaired) electrons. The summed E-state index contributed by atoms with van der Waals surface area (Å²) in [5, 5.41) is 5.87. The summed E-state index contributed by atoms with van der Waals surface area (Å²) in [4.78, 5) is 1.55. The first kappa shape index (κ1) is 11.5. The lowest BCUT2D eigenvalue weighted by molar-refractivity contribution is 0.512. The fourth-order valence-corrected chi connectivity index (χ4v) is 3.97. The fraction of sp³-hybridized carbons (Fsp3) is 0.667. The molecule has 3 heteroatoms. The second-order valence-electron chi connectivity index (χ2n) is 4.14. The summed E-state index contributed by atoms with van der Waals surface area (Å²) < 4.78 is 0. The number of hydrogen-bond donors (Lipinski definition) is 1. The first-order valence-corrected chi connectivity index (χ1v) is 7.74. The highest BCUT2D eigenvalue weighted by Gasteiger charge is 2.12. The second-order valence-corrected chi connectivity index (χ2v) is 6.30. The van der Waals surface area contributed by atoms with Gasteiger partial charge < -0.3 is 5.32 Å². The molecule has 0 aromatic carbocycles. The zero-order valence-electron chi connectivity index (χ0n) is 9.29. The van der Waals surface area contributed by atoms with Crippen LogP contribution in [-0.4, -0.2) is 24.1 Å². The Balaban J connectivity index is 1.68. The minimum Gasteiger partial charge on any atom is -0.313 e. The van der Waals surface area contributed by atoms with Crippen LogP contribution in [0.4, 0.5) is 0 Å². The van der Waals surface area contributed by atoms with Crippen LogP contribution in [0.15, 0.2) is 11.4 Å². The Morgan fingerprint density at radius 1 is 1.53 bits per heavy atom. The highest BCUT2D eigenvalue weighted by molar-refractivity contribution is 7.99. The van der Waals surface area contributed by atoms with Gasteiger partial charge in [-0.1, -0.05) is 0 Å². The molecular weight excluding hydrogens is 222 g/mol. The van der Waals surface area contributed by atoms with Crippen LogP contribution in [0.5, 0.6) is 0 Å². The van der Waals surface area contributed by atoms with Gasteiger partial charge in [-0.2, -0.15) is 11.8 Å². The molecule has 1 aromatic heterocycles. The smallest absolute Gasteiger partial charge is 0.0158 e. The Labute approximate surface area is 101 Å². The highest BCUT2D eigenvalue weighted by Crippen LogP contribution is 2.18. The van der Waals surface area contributed by atoms with Crippen molar-refractivity contribution in [2.75, 3.05) is 18.1 Å². The maximum atomic E-state index is 3.67. The maximum absolute atomic E-state index is 3.67. The Kier molecular flexibility index (Phi) is 4.54. The van der Waals surface area contributed by atoms with Gasteiger partial charge in [0.05, 0.1) is 0 Å². The number of hydrogen-bond acceptors (Lipinski definition) is 3. The summed E-state index contributed by atoms with van der Waals surface area (Å²) in [6.45, 7) is 3.36. The molecule has 1 aliphatic rings. The zero-order chi connectivity index (χ0) is 10.5. The minimum absolute atomic E-state index is 0.768. The normalized spacial score (nSPS) is 21.8. The average molecular weight is 241 g/mol. The Bertz CT molecular complexity index is 290. The van der Waals surface area contributed by atoms with E-state index in [1.807, 2.05) is 11.3 Å². The Morgan fingerprint density at radius 2 is 2.47 bits per heavy atom. The lowest BCUT2D eigenvalue weighted by atomic mass is 10.1. The third-order valence-electron chi connectivity index (χ3n) is 2.91. The molecule has 0 spiro atoms. The number of rotatable bonds is 4. The summed E-state index contributed by atoms with van der Waals surface area (Å²) in [7, 11) is 0. The average Bonchev–Trinajstić information content (AvgIpc) is 2.66. The molecule has 1 nitrogen and oxygen atoms in total. The van der Waals surface area contributed by atoms with Crippen LogP contribution >= 0.6 is 23.1 Å². The van der Waals surface area contributed by atoms with E-state index in [1.165, 1.54) is 36.3 Å². The molecular formula is C12H19NS2. The Hall–Kier alpha value is 0.01000. The van der Waals surface area contributed by atoms with Gasteiger partial charge in [0.2, 0.25) is 0 Å². The molecule has 1 aromatic rings. The molecule has 1 unspecified atom stereocenters. The summed E-state index contributed by atoms with van der Waals surface area (Å²) in [5.41, 5.74) is 1.46. The van der Waals surface area contributed by atoms with Crippen molar-refractivity contribution in [1.29, 1.82) is 0 Å². The lowest BCUT2D eigenvalue weighted by Gasteiger charge is -2.22. The molecule has 0 saturated carbocycles. The maximum Gasteiger partial charge on any atom is 0.0158 e. The SMILES string of the molecule is Cc1ccsc1CCNC1CCCSC1. The lowest BCUT2D eigenvalue weighted by Crippen LogP contribution is -2.35. The van der Waals surface area contributed by atoms with E-state index in [2.05, 4.69) is 35.4 Å². The topological polar surface area (TPSA) is 12.0 Å². The van der Waals surface area contributed by atoms with Crippen LogP contribution < -0.4 is 5.32 Å². The van der Waals surface area contributed by atoms with Crippen LogP contribution in [-0.2, 0) is 6.42 Å². The summed E-state index contributed by atoms with van der Waals surface area (Å²) in [6, 6.07) is 2.99. The first-order chi connectivity index (χ1) is 7.36.